The summed E-state index contributed by atoms with van der Waals surface area (Å²) in [6.45, 7) is 1.68. The minimum atomic E-state index is -4.37. The van der Waals surface area contributed by atoms with E-state index in [1.807, 2.05) is 35.9 Å². The van der Waals surface area contributed by atoms with Crippen molar-refractivity contribution >= 4 is 17.6 Å². The number of rotatable bonds is 6. The minimum Gasteiger partial charge on any atom is -0.399 e. The van der Waals surface area contributed by atoms with Crippen molar-refractivity contribution in [2.24, 2.45) is 22.4 Å². The Morgan fingerprint density at radius 1 is 1.10 bits per heavy atom. The lowest BCUT2D eigenvalue weighted by Gasteiger charge is -2.09. The Kier molecular flexibility index (Phi) is 6.64. The second kappa shape index (κ2) is 9.38. The van der Waals surface area contributed by atoms with Crippen LogP contribution in [-0.4, -0.2) is 34.3 Å². The Labute approximate surface area is 177 Å². The van der Waals surface area contributed by atoms with Crippen LogP contribution in [0.5, 0.6) is 0 Å². The highest BCUT2D eigenvalue weighted by molar-refractivity contribution is 6.14. The second-order valence-corrected chi connectivity index (χ2v) is 6.58. The van der Waals surface area contributed by atoms with Crippen LogP contribution in [0, 0.1) is 0 Å². The topological polar surface area (TPSA) is 64.1 Å². The van der Waals surface area contributed by atoms with E-state index in [1.165, 1.54) is 19.2 Å². The summed E-state index contributed by atoms with van der Waals surface area (Å²) >= 11 is 0. The van der Waals surface area contributed by atoms with E-state index in [0.717, 1.165) is 23.3 Å². The highest BCUT2D eigenvalue weighted by Crippen LogP contribution is 2.29. The van der Waals surface area contributed by atoms with Gasteiger partial charge in [-0.25, -0.2) is 4.98 Å². The van der Waals surface area contributed by atoms with Crippen LogP contribution < -0.4 is 0 Å². The molecule has 0 fully saturated rings. The number of benzene rings is 2. The van der Waals surface area contributed by atoms with E-state index < -0.39 is 11.7 Å². The lowest BCUT2D eigenvalue weighted by molar-refractivity contribution is -0.137. The van der Waals surface area contributed by atoms with Gasteiger partial charge < -0.3 is 9.40 Å². The predicted molar refractivity (Wildman–Crippen MR) is 114 cm³/mol. The maximum Gasteiger partial charge on any atom is 0.416 e. The molecule has 0 saturated heterocycles. The molecule has 0 aliphatic rings. The van der Waals surface area contributed by atoms with Crippen molar-refractivity contribution in [2.45, 2.75) is 13.1 Å². The van der Waals surface area contributed by atoms with E-state index in [9.17, 15) is 13.2 Å². The summed E-state index contributed by atoms with van der Waals surface area (Å²) in [7, 11) is 3.30. The standard InChI is InChI=1S/C22H20F3N5O/c1-15(16-8-10-18(11-9-16)22(23,24)25)28-27-14-17-6-4-5-7-19(17)20(29-31-3)21-26-12-13-30(21)2/h4-14H,1-3H3/b27-14+,28-15-,29-20+. The van der Waals surface area contributed by atoms with Crippen LogP contribution >= 0.6 is 0 Å². The number of alkyl halides is 3. The van der Waals surface area contributed by atoms with Gasteiger partial charge in [-0.15, -0.1) is 0 Å². The molecule has 9 heteroatoms. The van der Waals surface area contributed by atoms with Crippen LogP contribution in [0.1, 0.15) is 35.0 Å². The van der Waals surface area contributed by atoms with Crippen LogP contribution in [-0.2, 0) is 18.1 Å². The Morgan fingerprint density at radius 2 is 1.81 bits per heavy atom. The van der Waals surface area contributed by atoms with Gasteiger partial charge in [0.15, 0.2) is 11.5 Å². The molecule has 0 spiro atoms. The molecule has 0 atom stereocenters. The lowest BCUT2D eigenvalue weighted by atomic mass is 10.0. The third kappa shape index (κ3) is 5.25. The minimum absolute atomic E-state index is 0.484. The fourth-order valence-corrected chi connectivity index (χ4v) is 2.86. The number of halogens is 3. The summed E-state index contributed by atoms with van der Waals surface area (Å²) in [6.07, 6.45) is 0.640. The van der Waals surface area contributed by atoms with Gasteiger partial charge >= 0.3 is 6.18 Å². The van der Waals surface area contributed by atoms with E-state index in [1.54, 1.807) is 25.5 Å². The number of aromatic nitrogens is 2. The Bertz CT molecular complexity index is 1130. The SMILES string of the molecule is CO/N=C(\c1ccccc1/C=N/N=C(/C)c1ccc(C(F)(F)F)cc1)c1nccn1C. The van der Waals surface area contributed by atoms with Crippen molar-refractivity contribution in [3.8, 4) is 0 Å². The van der Waals surface area contributed by atoms with Crippen molar-refractivity contribution in [1.29, 1.82) is 0 Å². The molecule has 0 saturated carbocycles. The summed E-state index contributed by atoms with van der Waals surface area (Å²) in [6, 6.07) is 12.2. The summed E-state index contributed by atoms with van der Waals surface area (Å²) in [4.78, 5) is 9.33. The monoisotopic (exact) mass is 427 g/mol. The summed E-state index contributed by atoms with van der Waals surface area (Å²) < 4.78 is 40.0. The largest absolute Gasteiger partial charge is 0.416 e. The van der Waals surface area contributed by atoms with Crippen molar-refractivity contribution in [3.05, 3.63) is 89.0 Å². The molecule has 0 radical (unpaired) electrons. The number of hydrogen-bond acceptors (Lipinski definition) is 5. The summed E-state index contributed by atoms with van der Waals surface area (Å²) in [5.41, 5.74) is 2.32. The van der Waals surface area contributed by atoms with Gasteiger partial charge in [0.1, 0.15) is 7.11 Å². The summed E-state index contributed by atoms with van der Waals surface area (Å²) in [5, 5.41) is 12.4. The van der Waals surface area contributed by atoms with Crippen molar-refractivity contribution in [1.82, 2.24) is 9.55 Å². The van der Waals surface area contributed by atoms with Gasteiger partial charge in [-0.3, -0.25) is 0 Å². The zero-order chi connectivity index (χ0) is 22.4. The fraction of sp³-hybridized carbons (Fsp3) is 0.182. The van der Waals surface area contributed by atoms with E-state index in [-0.39, 0.29) is 0 Å². The quantitative estimate of drug-likeness (QED) is 0.424. The van der Waals surface area contributed by atoms with Gasteiger partial charge in [0.05, 0.1) is 17.5 Å². The second-order valence-electron chi connectivity index (χ2n) is 6.58. The predicted octanol–water partition coefficient (Wildman–Crippen LogP) is 4.68. The molecule has 31 heavy (non-hydrogen) atoms. The smallest absolute Gasteiger partial charge is 0.399 e. The van der Waals surface area contributed by atoms with Gasteiger partial charge in [0, 0.05) is 30.6 Å². The molecule has 3 rings (SSSR count). The van der Waals surface area contributed by atoms with Crippen molar-refractivity contribution in [3.63, 3.8) is 0 Å². The number of aryl methyl sites for hydroxylation is 1. The fourth-order valence-electron chi connectivity index (χ4n) is 2.86. The average molecular weight is 427 g/mol. The van der Waals surface area contributed by atoms with Crippen LogP contribution in [0.3, 0.4) is 0 Å². The molecule has 0 N–H and O–H groups in total. The van der Waals surface area contributed by atoms with E-state index in [2.05, 4.69) is 20.3 Å². The first-order valence-electron chi connectivity index (χ1n) is 9.24. The number of nitrogens with zero attached hydrogens (tertiary/aromatic N) is 5. The van der Waals surface area contributed by atoms with Crippen molar-refractivity contribution in [2.75, 3.05) is 7.11 Å². The highest BCUT2D eigenvalue weighted by Gasteiger charge is 2.30. The zero-order valence-electron chi connectivity index (χ0n) is 17.1. The molecule has 160 valence electrons. The Morgan fingerprint density at radius 3 is 2.42 bits per heavy atom. The van der Waals surface area contributed by atoms with Gasteiger partial charge in [0.25, 0.3) is 0 Å². The maximum atomic E-state index is 12.7. The molecule has 0 amide bonds. The zero-order valence-corrected chi connectivity index (χ0v) is 17.1. The third-order valence-corrected chi connectivity index (χ3v) is 4.47. The van der Waals surface area contributed by atoms with Crippen LogP contribution in [0.4, 0.5) is 13.2 Å². The van der Waals surface area contributed by atoms with Crippen LogP contribution in [0.2, 0.25) is 0 Å². The van der Waals surface area contributed by atoms with Gasteiger partial charge in [-0.05, 0) is 24.6 Å². The first kappa shape index (κ1) is 21.9. The summed E-state index contributed by atoms with van der Waals surface area (Å²) in [5.74, 6) is 0.618. The van der Waals surface area contributed by atoms with Crippen LogP contribution in [0.25, 0.3) is 0 Å². The highest BCUT2D eigenvalue weighted by atomic mass is 19.4. The van der Waals surface area contributed by atoms with E-state index in [0.29, 0.717) is 22.8 Å². The molecule has 2 aromatic carbocycles. The molecular weight excluding hydrogens is 407 g/mol. The van der Waals surface area contributed by atoms with Gasteiger partial charge in [-0.2, -0.15) is 23.4 Å². The van der Waals surface area contributed by atoms with Crippen molar-refractivity contribution < 1.29 is 18.0 Å². The Balaban J connectivity index is 1.88. The number of imidazole rings is 1. The average Bonchev–Trinajstić information content (AvgIpc) is 3.17. The molecule has 1 heterocycles. The van der Waals surface area contributed by atoms with Crippen LogP contribution in [0.15, 0.2) is 76.3 Å². The number of oxime groups is 1. The Hall–Kier alpha value is -3.75. The van der Waals surface area contributed by atoms with E-state index >= 15 is 0 Å². The molecule has 3 aromatic rings. The molecular formula is C22H20F3N5O. The van der Waals surface area contributed by atoms with Gasteiger partial charge in [0.2, 0.25) is 0 Å². The molecule has 0 aliphatic carbocycles. The van der Waals surface area contributed by atoms with E-state index in [4.69, 9.17) is 4.84 Å². The first-order chi connectivity index (χ1) is 14.8. The number of hydrogen-bond donors (Lipinski definition) is 0. The molecule has 0 bridgehead atoms. The van der Waals surface area contributed by atoms with Gasteiger partial charge in [-0.1, -0.05) is 41.6 Å². The third-order valence-electron chi connectivity index (χ3n) is 4.47. The normalized spacial score (nSPS) is 13.1. The molecule has 1 aromatic heterocycles. The molecule has 0 unspecified atom stereocenters. The maximum absolute atomic E-state index is 12.7. The molecule has 0 aliphatic heterocycles. The lowest BCUT2D eigenvalue weighted by Crippen LogP contribution is -2.13. The first-order valence-corrected chi connectivity index (χ1v) is 9.24. The molecule has 6 nitrogen and oxygen atoms in total.